The van der Waals surface area contributed by atoms with Crippen LogP contribution in [-0.2, 0) is 0 Å². The minimum absolute atomic E-state index is 0.368. The molecule has 0 bridgehead atoms. The molecule has 0 radical (unpaired) electrons. The first kappa shape index (κ1) is 16.7. The predicted octanol–water partition coefficient (Wildman–Crippen LogP) is 5.46. The van der Waals surface area contributed by atoms with Crippen molar-refractivity contribution in [3.63, 3.8) is 0 Å². The van der Waals surface area contributed by atoms with Gasteiger partial charge in [0.05, 0.1) is 10.0 Å². The van der Waals surface area contributed by atoms with Crippen LogP contribution in [0.25, 0.3) is 10.6 Å². The molecule has 5 nitrogen and oxygen atoms in total. The topological polar surface area (TPSA) is 66.9 Å². The zero-order valence-corrected chi connectivity index (χ0v) is 14.8. The molecule has 8 heteroatoms. The lowest BCUT2D eigenvalue weighted by molar-refractivity contribution is 0.262. The summed E-state index contributed by atoms with van der Waals surface area (Å²) in [6.07, 6.45) is 0. The molecule has 0 spiro atoms. The lowest BCUT2D eigenvalue weighted by Crippen LogP contribution is -2.19. The molecule has 1 heterocycles. The van der Waals surface area contributed by atoms with Gasteiger partial charge in [0.15, 0.2) is 0 Å². The van der Waals surface area contributed by atoms with E-state index in [1.807, 2.05) is 31.2 Å². The monoisotopic (exact) mass is 378 g/mol. The summed E-state index contributed by atoms with van der Waals surface area (Å²) in [5, 5.41) is 15.3. The zero-order chi connectivity index (χ0) is 17.1. The summed E-state index contributed by atoms with van der Waals surface area (Å²) in [6, 6.07) is 12.3. The number of amides is 2. The second-order valence-corrected chi connectivity index (χ2v) is 6.78. The van der Waals surface area contributed by atoms with Crippen LogP contribution in [0.2, 0.25) is 10.0 Å². The average Bonchev–Trinajstić information content (AvgIpc) is 3.00. The van der Waals surface area contributed by atoms with Crippen molar-refractivity contribution < 1.29 is 4.79 Å². The van der Waals surface area contributed by atoms with E-state index in [2.05, 4.69) is 20.8 Å². The van der Waals surface area contributed by atoms with Crippen LogP contribution < -0.4 is 10.6 Å². The van der Waals surface area contributed by atoms with E-state index in [1.54, 1.807) is 18.2 Å². The first-order valence-corrected chi connectivity index (χ1v) is 8.52. The highest BCUT2D eigenvalue weighted by Gasteiger charge is 2.10. The van der Waals surface area contributed by atoms with Crippen molar-refractivity contribution in [3.05, 3.63) is 58.1 Å². The predicted molar refractivity (Wildman–Crippen MR) is 99.2 cm³/mol. The number of aromatic nitrogens is 2. The molecule has 3 rings (SSSR count). The molecule has 0 aliphatic rings. The normalized spacial score (nSPS) is 10.5. The van der Waals surface area contributed by atoms with Gasteiger partial charge in [-0.1, -0.05) is 64.4 Å². The van der Waals surface area contributed by atoms with E-state index in [-0.39, 0.29) is 0 Å². The highest BCUT2D eigenvalue weighted by Crippen LogP contribution is 2.27. The van der Waals surface area contributed by atoms with E-state index in [4.69, 9.17) is 23.2 Å². The molecule has 2 aromatic carbocycles. The van der Waals surface area contributed by atoms with Crippen LogP contribution in [0.15, 0.2) is 42.5 Å². The van der Waals surface area contributed by atoms with Gasteiger partial charge in [-0.3, -0.25) is 5.32 Å². The van der Waals surface area contributed by atoms with Crippen LogP contribution >= 0.6 is 34.5 Å². The maximum absolute atomic E-state index is 12.0. The summed E-state index contributed by atoms with van der Waals surface area (Å²) in [4.78, 5) is 12.0. The van der Waals surface area contributed by atoms with E-state index >= 15 is 0 Å². The number of nitrogens with one attached hydrogen (secondary N) is 2. The fourth-order valence-corrected chi connectivity index (χ4v) is 2.96. The number of rotatable bonds is 3. The molecular weight excluding hydrogens is 367 g/mol. The van der Waals surface area contributed by atoms with Gasteiger partial charge < -0.3 is 5.32 Å². The fraction of sp³-hybridized carbons (Fsp3) is 0.0625. The van der Waals surface area contributed by atoms with Gasteiger partial charge in [-0.05, 0) is 25.1 Å². The highest BCUT2D eigenvalue weighted by atomic mass is 35.5. The minimum Gasteiger partial charge on any atom is -0.308 e. The fourth-order valence-electron chi connectivity index (χ4n) is 1.92. The van der Waals surface area contributed by atoms with Gasteiger partial charge in [-0.15, -0.1) is 10.2 Å². The molecule has 0 atom stereocenters. The van der Waals surface area contributed by atoms with E-state index in [0.717, 1.165) is 10.6 Å². The number of hydrogen-bond acceptors (Lipinski definition) is 4. The third-order valence-electron chi connectivity index (χ3n) is 3.12. The number of aryl methyl sites for hydroxylation is 1. The second kappa shape index (κ2) is 7.17. The number of hydrogen-bond donors (Lipinski definition) is 2. The molecule has 0 aliphatic heterocycles. The smallest absolute Gasteiger partial charge is 0.308 e. The Kier molecular flexibility index (Phi) is 4.99. The summed E-state index contributed by atoms with van der Waals surface area (Å²) >= 11 is 13.1. The van der Waals surface area contributed by atoms with Gasteiger partial charge in [0.25, 0.3) is 0 Å². The Hall–Kier alpha value is -2.15. The lowest BCUT2D eigenvalue weighted by Gasteiger charge is -2.05. The maximum Gasteiger partial charge on any atom is 0.325 e. The van der Waals surface area contributed by atoms with Crippen LogP contribution in [0.3, 0.4) is 0 Å². The standard InChI is InChI=1S/C16H12Cl2N4OS/c1-9-2-4-10(5-3-9)14-21-22-16(24-14)20-15(23)19-11-6-7-12(17)13(18)8-11/h2-8H,1H3,(H2,19,20,22,23). The largest absolute Gasteiger partial charge is 0.325 e. The minimum atomic E-state index is -0.431. The first-order valence-electron chi connectivity index (χ1n) is 6.95. The average molecular weight is 379 g/mol. The van der Waals surface area contributed by atoms with Crippen molar-refractivity contribution in [2.24, 2.45) is 0 Å². The molecule has 0 saturated carbocycles. The SMILES string of the molecule is Cc1ccc(-c2nnc(NC(=O)Nc3ccc(Cl)c(Cl)c3)s2)cc1. The molecule has 1 aromatic heterocycles. The first-order chi connectivity index (χ1) is 11.5. The molecule has 122 valence electrons. The second-order valence-electron chi connectivity index (χ2n) is 4.99. The Labute approximate surface area is 152 Å². The maximum atomic E-state index is 12.0. The van der Waals surface area contributed by atoms with Crippen molar-refractivity contribution in [1.29, 1.82) is 0 Å². The summed E-state index contributed by atoms with van der Waals surface area (Å²) in [6.45, 7) is 2.02. The van der Waals surface area contributed by atoms with Crippen LogP contribution in [0.5, 0.6) is 0 Å². The number of carbonyl (C=O) groups excluding carboxylic acids is 1. The Morgan fingerprint density at radius 1 is 1.00 bits per heavy atom. The van der Waals surface area contributed by atoms with Gasteiger partial charge in [0.2, 0.25) is 5.13 Å². The van der Waals surface area contributed by atoms with Crippen LogP contribution in [0, 0.1) is 6.92 Å². The van der Waals surface area contributed by atoms with E-state index in [9.17, 15) is 4.79 Å². The summed E-state index contributed by atoms with van der Waals surface area (Å²) < 4.78 is 0. The van der Waals surface area contributed by atoms with Gasteiger partial charge in [0, 0.05) is 11.3 Å². The molecule has 0 fully saturated rings. The number of carbonyl (C=O) groups is 1. The van der Waals surface area contributed by atoms with Crippen LogP contribution in [0.4, 0.5) is 15.6 Å². The third kappa shape index (κ3) is 4.03. The van der Waals surface area contributed by atoms with Crippen molar-refractivity contribution >= 4 is 51.4 Å². The Morgan fingerprint density at radius 3 is 2.46 bits per heavy atom. The molecule has 2 N–H and O–H groups in total. The summed E-state index contributed by atoms with van der Waals surface area (Å²) in [7, 11) is 0. The van der Waals surface area contributed by atoms with Gasteiger partial charge in [0.1, 0.15) is 5.01 Å². The molecule has 24 heavy (non-hydrogen) atoms. The molecule has 0 unspecified atom stereocenters. The van der Waals surface area contributed by atoms with E-state index < -0.39 is 6.03 Å². The van der Waals surface area contributed by atoms with Crippen LogP contribution in [0.1, 0.15) is 5.56 Å². The molecule has 3 aromatic rings. The Bertz CT molecular complexity index is 880. The molecule has 0 aliphatic carbocycles. The van der Waals surface area contributed by atoms with Crippen molar-refractivity contribution in [1.82, 2.24) is 10.2 Å². The van der Waals surface area contributed by atoms with Crippen LogP contribution in [-0.4, -0.2) is 16.2 Å². The lowest BCUT2D eigenvalue weighted by atomic mass is 10.2. The number of urea groups is 1. The Morgan fingerprint density at radius 2 is 1.75 bits per heavy atom. The van der Waals surface area contributed by atoms with Crippen molar-refractivity contribution in [3.8, 4) is 10.6 Å². The van der Waals surface area contributed by atoms with E-state index in [1.165, 1.54) is 16.9 Å². The molecule has 0 saturated heterocycles. The summed E-state index contributed by atoms with van der Waals surface area (Å²) in [5.41, 5.74) is 2.66. The number of nitrogens with zero attached hydrogens (tertiary/aromatic N) is 2. The number of benzene rings is 2. The Balaban J connectivity index is 1.66. The molecular formula is C16H12Cl2N4OS. The summed E-state index contributed by atoms with van der Waals surface area (Å²) in [5.74, 6) is 0. The molecule has 2 amide bonds. The van der Waals surface area contributed by atoms with E-state index in [0.29, 0.717) is 20.9 Å². The van der Waals surface area contributed by atoms with Gasteiger partial charge in [-0.2, -0.15) is 0 Å². The highest BCUT2D eigenvalue weighted by molar-refractivity contribution is 7.18. The van der Waals surface area contributed by atoms with Crippen molar-refractivity contribution in [2.75, 3.05) is 10.6 Å². The number of halogens is 2. The van der Waals surface area contributed by atoms with Crippen molar-refractivity contribution in [2.45, 2.75) is 6.92 Å². The van der Waals surface area contributed by atoms with Gasteiger partial charge >= 0.3 is 6.03 Å². The quantitative estimate of drug-likeness (QED) is 0.635. The number of anilines is 2. The third-order valence-corrected chi connectivity index (χ3v) is 4.75. The zero-order valence-electron chi connectivity index (χ0n) is 12.5. The van der Waals surface area contributed by atoms with Gasteiger partial charge in [-0.25, -0.2) is 4.79 Å².